The number of carbonyl (C=O) groups is 1. The molecule has 0 aliphatic carbocycles. The van der Waals surface area contributed by atoms with Crippen LogP contribution in [0.25, 0.3) is 0 Å². The van der Waals surface area contributed by atoms with Crippen molar-refractivity contribution in [2.75, 3.05) is 5.73 Å². The summed E-state index contributed by atoms with van der Waals surface area (Å²) in [5.41, 5.74) is 10.7. The van der Waals surface area contributed by atoms with Crippen molar-refractivity contribution in [2.24, 2.45) is 0 Å². The topological polar surface area (TPSA) is 46.3 Å². The number of hydrogen-bond donors (Lipinski definition) is 1. The molecule has 3 rings (SSSR count). The van der Waals surface area contributed by atoms with Crippen molar-refractivity contribution in [1.82, 2.24) is 4.90 Å². The molecule has 2 aromatic carbocycles. The molecule has 102 valence electrons. The van der Waals surface area contributed by atoms with Crippen molar-refractivity contribution in [1.29, 1.82) is 0 Å². The number of benzene rings is 2. The van der Waals surface area contributed by atoms with Crippen molar-refractivity contribution in [3.63, 3.8) is 0 Å². The first-order valence-electron chi connectivity index (χ1n) is 6.47. The Bertz CT molecular complexity index is 697. The number of rotatable bonds is 1. The molecule has 0 saturated carbocycles. The second-order valence-corrected chi connectivity index (χ2v) is 6.03. The fourth-order valence-electron chi connectivity index (χ4n) is 2.52. The number of nitrogen functional groups attached to an aromatic ring is 1. The van der Waals surface area contributed by atoms with E-state index in [0.29, 0.717) is 18.7 Å². The van der Waals surface area contributed by atoms with Crippen LogP contribution in [0.3, 0.4) is 0 Å². The predicted molar refractivity (Wildman–Crippen MR) is 83.3 cm³/mol. The minimum atomic E-state index is 0.0478. The van der Waals surface area contributed by atoms with Gasteiger partial charge in [0, 0.05) is 23.2 Å². The number of aryl methyl sites for hydroxylation is 1. The third kappa shape index (κ3) is 2.31. The van der Waals surface area contributed by atoms with Crippen LogP contribution in [0.1, 0.15) is 27.0 Å². The molecule has 4 heteroatoms. The van der Waals surface area contributed by atoms with Gasteiger partial charge in [-0.25, -0.2) is 0 Å². The highest BCUT2D eigenvalue weighted by atomic mass is 79.9. The Kier molecular flexibility index (Phi) is 3.26. The molecule has 0 saturated heterocycles. The lowest BCUT2D eigenvalue weighted by Crippen LogP contribution is -2.25. The van der Waals surface area contributed by atoms with Crippen molar-refractivity contribution >= 4 is 27.5 Å². The summed E-state index contributed by atoms with van der Waals surface area (Å²) >= 11 is 3.47. The number of halogens is 1. The Labute approximate surface area is 126 Å². The van der Waals surface area contributed by atoms with E-state index in [1.54, 1.807) is 0 Å². The first-order chi connectivity index (χ1) is 9.54. The number of nitrogens with zero attached hydrogens (tertiary/aromatic N) is 1. The SMILES string of the molecule is Cc1ccc(C(=O)N2Cc3ccc(N)cc3C2)c(Br)c1. The van der Waals surface area contributed by atoms with E-state index < -0.39 is 0 Å². The smallest absolute Gasteiger partial charge is 0.255 e. The van der Waals surface area contributed by atoms with Gasteiger partial charge in [-0.1, -0.05) is 12.1 Å². The van der Waals surface area contributed by atoms with Crippen LogP contribution in [0.4, 0.5) is 5.69 Å². The molecular weight excluding hydrogens is 316 g/mol. The van der Waals surface area contributed by atoms with Crippen LogP contribution in [-0.2, 0) is 13.1 Å². The summed E-state index contributed by atoms with van der Waals surface area (Å²) < 4.78 is 0.845. The molecule has 0 fully saturated rings. The van der Waals surface area contributed by atoms with Crippen LogP contribution >= 0.6 is 15.9 Å². The average molecular weight is 331 g/mol. The van der Waals surface area contributed by atoms with E-state index in [0.717, 1.165) is 21.3 Å². The van der Waals surface area contributed by atoms with Crippen LogP contribution in [0.5, 0.6) is 0 Å². The number of carbonyl (C=O) groups excluding carboxylic acids is 1. The molecule has 20 heavy (non-hydrogen) atoms. The number of amides is 1. The van der Waals surface area contributed by atoms with Crippen molar-refractivity contribution in [3.8, 4) is 0 Å². The minimum Gasteiger partial charge on any atom is -0.399 e. The lowest BCUT2D eigenvalue weighted by atomic mass is 10.1. The van der Waals surface area contributed by atoms with Gasteiger partial charge in [-0.2, -0.15) is 0 Å². The van der Waals surface area contributed by atoms with Gasteiger partial charge in [0.1, 0.15) is 0 Å². The number of anilines is 1. The van der Waals surface area contributed by atoms with Gasteiger partial charge in [0.05, 0.1) is 5.56 Å². The summed E-state index contributed by atoms with van der Waals surface area (Å²) in [5.74, 6) is 0.0478. The predicted octanol–water partition coefficient (Wildman–Crippen LogP) is 3.50. The van der Waals surface area contributed by atoms with E-state index in [1.807, 2.05) is 48.2 Å². The number of fused-ring (bicyclic) bond motifs is 1. The van der Waals surface area contributed by atoms with E-state index >= 15 is 0 Å². The molecule has 0 aromatic heterocycles. The molecule has 2 N–H and O–H groups in total. The molecule has 1 aliphatic rings. The minimum absolute atomic E-state index is 0.0478. The van der Waals surface area contributed by atoms with Gasteiger partial charge in [-0.15, -0.1) is 0 Å². The zero-order chi connectivity index (χ0) is 14.3. The van der Waals surface area contributed by atoms with Gasteiger partial charge >= 0.3 is 0 Å². The maximum atomic E-state index is 12.6. The maximum absolute atomic E-state index is 12.6. The van der Waals surface area contributed by atoms with Crippen LogP contribution < -0.4 is 5.73 Å². The third-order valence-corrected chi connectivity index (χ3v) is 4.25. The van der Waals surface area contributed by atoms with Gasteiger partial charge in [0.2, 0.25) is 0 Å². The summed E-state index contributed by atoms with van der Waals surface area (Å²) in [6.07, 6.45) is 0. The fourth-order valence-corrected chi connectivity index (χ4v) is 3.18. The summed E-state index contributed by atoms with van der Waals surface area (Å²) in [7, 11) is 0. The monoisotopic (exact) mass is 330 g/mol. The van der Waals surface area contributed by atoms with E-state index in [2.05, 4.69) is 15.9 Å². The van der Waals surface area contributed by atoms with Gasteiger partial charge in [-0.3, -0.25) is 4.79 Å². The summed E-state index contributed by atoms with van der Waals surface area (Å²) in [5, 5.41) is 0. The normalized spacial score (nSPS) is 13.4. The summed E-state index contributed by atoms with van der Waals surface area (Å²) in [6, 6.07) is 11.6. The van der Waals surface area contributed by atoms with Crippen LogP contribution in [-0.4, -0.2) is 10.8 Å². The highest BCUT2D eigenvalue weighted by Gasteiger charge is 2.25. The molecule has 2 aromatic rings. The number of hydrogen-bond acceptors (Lipinski definition) is 2. The number of nitrogens with two attached hydrogens (primary N) is 1. The molecule has 3 nitrogen and oxygen atoms in total. The first-order valence-corrected chi connectivity index (χ1v) is 7.26. The van der Waals surface area contributed by atoms with E-state index in [-0.39, 0.29) is 5.91 Å². The largest absolute Gasteiger partial charge is 0.399 e. The van der Waals surface area contributed by atoms with Crippen LogP contribution in [0.15, 0.2) is 40.9 Å². The summed E-state index contributed by atoms with van der Waals surface area (Å²) in [6.45, 7) is 3.28. The Morgan fingerprint density at radius 1 is 1.15 bits per heavy atom. The van der Waals surface area contributed by atoms with Crippen molar-refractivity contribution < 1.29 is 4.79 Å². The van der Waals surface area contributed by atoms with Gasteiger partial charge in [0.15, 0.2) is 0 Å². The lowest BCUT2D eigenvalue weighted by molar-refractivity contribution is 0.0750. The molecule has 0 unspecified atom stereocenters. The molecule has 0 bridgehead atoms. The average Bonchev–Trinajstić information content (AvgIpc) is 2.81. The Morgan fingerprint density at radius 2 is 1.90 bits per heavy atom. The zero-order valence-electron chi connectivity index (χ0n) is 11.2. The van der Waals surface area contributed by atoms with Gasteiger partial charge in [0.25, 0.3) is 5.91 Å². The van der Waals surface area contributed by atoms with Crippen molar-refractivity contribution in [2.45, 2.75) is 20.0 Å². The molecule has 1 heterocycles. The maximum Gasteiger partial charge on any atom is 0.255 e. The fraction of sp³-hybridized carbons (Fsp3) is 0.188. The molecular formula is C16H15BrN2O. The van der Waals surface area contributed by atoms with Crippen LogP contribution in [0.2, 0.25) is 0 Å². The lowest BCUT2D eigenvalue weighted by Gasteiger charge is -2.16. The Hall–Kier alpha value is -1.81. The second-order valence-electron chi connectivity index (χ2n) is 5.17. The van der Waals surface area contributed by atoms with E-state index in [9.17, 15) is 4.79 Å². The standard InChI is InChI=1S/C16H15BrN2O/c1-10-2-5-14(15(17)6-10)16(20)19-8-11-3-4-13(18)7-12(11)9-19/h2-7H,8-9,18H2,1H3. The van der Waals surface area contributed by atoms with Gasteiger partial charge in [-0.05, 0) is 63.8 Å². The van der Waals surface area contributed by atoms with E-state index in [1.165, 1.54) is 5.56 Å². The quantitative estimate of drug-likeness (QED) is 0.813. The molecule has 0 radical (unpaired) electrons. The van der Waals surface area contributed by atoms with Gasteiger partial charge < -0.3 is 10.6 Å². The van der Waals surface area contributed by atoms with Crippen LogP contribution in [0, 0.1) is 6.92 Å². The Morgan fingerprint density at radius 3 is 2.65 bits per heavy atom. The molecule has 0 spiro atoms. The highest BCUT2D eigenvalue weighted by molar-refractivity contribution is 9.10. The summed E-state index contributed by atoms with van der Waals surface area (Å²) in [4.78, 5) is 14.4. The molecule has 1 aliphatic heterocycles. The second kappa shape index (κ2) is 4.94. The first kappa shape index (κ1) is 13.2. The third-order valence-electron chi connectivity index (χ3n) is 3.59. The molecule has 1 amide bonds. The zero-order valence-corrected chi connectivity index (χ0v) is 12.8. The Balaban J connectivity index is 1.87. The van der Waals surface area contributed by atoms with Crippen molar-refractivity contribution in [3.05, 3.63) is 63.1 Å². The van der Waals surface area contributed by atoms with E-state index in [4.69, 9.17) is 5.73 Å². The highest BCUT2D eigenvalue weighted by Crippen LogP contribution is 2.28. The molecule has 0 atom stereocenters.